The number of ether oxygens (including phenoxy) is 2. The summed E-state index contributed by atoms with van der Waals surface area (Å²) in [7, 11) is 0. The van der Waals surface area contributed by atoms with E-state index in [-0.39, 0.29) is 25.4 Å². The molecule has 0 spiro atoms. The van der Waals surface area contributed by atoms with Gasteiger partial charge in [0.05, 0.1) is 17.5 Å². The lowest BCUT2D eigenvalue weighted by Gasteiger charge is -2.12. The predicted octanol–water partition coefficient (Wildman–Crippen LogP) is 5.33. The predicted molar refractivity (Wildman–Crippen MR) is 99.7 cm³/mol. The lowest BCUT2D eigenvalue weighted by molar-refractivity contribution is -0.142. The first-order chi connectivity index (χ1) is 12.5. The topological polar surface area (TPSA) is 48.7 Å². The molecule has 0 bridgehead atoms. The SMILES string of the molecule is CCOC(=O)Cc1cccc(F)c1OCc1cc(Br)c2oc(C)cc2c1. The van der Waals surface area contributed by atoms with Gasteiger partial charge in [0.25, 0.3) is 0 Å². The maximum Gasteiger partial charge on any atom is 0.310 e. The van der Waals surface area contributed by atoms with Crippen LogP contribution in [0.3, 0.4) is 0 Å². The van der Waals surface area contributed by atoms with Crippen molar-refractivity contribution < 1.29 is 23.1 Å². The van der Waals surface area contributed by atoms with Crippen molar-refractivity contribution >= 4 is 32.9 Å². The molecule has 0 amide bonds. The van der Waals surface area contributed by atoms with Crippen LogP contribution in [0.2, 0.25) is 0 Å². The van der Waals surface area contributed by atoms with Crippen molar-refractivity contribution in [1.82, 2.24) is 0 Å². The standard InChI is InChI=1S/C20H18BrFO4/c1-3-24-18(23)10-14-5-4-6-17(22)20(14)25-11-13-8-15-7-12(2)26-19(15)16(21)9-13/h4-9H,3,10-11H2,1-2H3. The quantitative estimate of drug-likeness (QED) is 0.505. The fraction of sp³-hybridized carbons (Fsp3) is 0.250. The van der Waals surface area contributed by atoms with E-state index in [1.54, 1.807) is 19.1 Å². The third-order valence-electron chi connectivity index (χ3n) is 3.83. The van der Waals surface area contributed by atoms with E-state index in [1.165, 1.54) is 6.07 Å². The van der Waals surface area contributed by atoms with Gasteiger partial charge in [-0.3, -0.25) is 4.79 Å². The van der Waals surface area contributed by atoms with Crippen molar-refractivity contribution in [3.05, 3.63) is 63.6 Å². The number of carbonyl (C=O) groups is 1. The molecule has 0 aliphatic heterocycles. The summed E-state index contributed by atoms with van der Waals surface area (Å²) >= 11 is 3.48. The largest absolute Gasteiger partial charge is 0.486 e. The number of furan rings is 1. The van der Waals surface area contributed by atoms with Crippen molar-refractivity contribution in [1.29, 1.82) is 0 Å². The Morgan fingerprint density at radius 3 is 2.85 bits per heavy atom. The van der Waals surface area contributed by atoms with Gasteiger partial charge in [0, 0.05) is 10.9 Å². The van der Waals surface area contributed by atoms with Crippen LogP contribution in [-0.4, -0.2) is 12.6 Å². The molecule has 2 aromatic carbocycles. The molecule has 6 heteroatoms. The van der Waals surface area contributed by atoms with Gasteiger partial charge in [0.1, 0.15) is 18.0 Å². The molecule has 0 atom stereocenters. The fourth-order valence-corrected chi connectivity index (χ4v) is 3.36. The first-order valence-electron chi connectivity index (χ1n) is 8.22. The van der Waals surface area contributed by atoms with Crippen LogP contribution in [0.25, 0.3) is 11.0 Å². The number of halogens is 2. The zero-order valence-electron chi connectivity index (χ0n) is 14.5. The second-order valence-electron chi connectivity index (χ2n) is 5.85. The monoisotopic (exact) mass is 420 g/mol. The number of carbonyl (C=O) groups excluding carboxylic acids is 1. The van der Waals surface area contributed by atoms with Gasteiger partial charge in [-0.05, 0) is 59.6 Å². The van der Waals surface area contributed by atoms with Gasteiger partial charge < -0.3 is 13.9 Å². The molecule has 0 saturated carbocycles. The molecule has 1 aromatic heterocycles. The maximum atomic E-state index is 14.2. The van der Waals surface area contributed by atoms with E-state index < -0.39 is 11.8 Å². The molecule has 1 heterocycles. The molecule has 4 nitrogen and oxygen atoms in total. The minimum atomic E-state index is -0.508. The lowest BCUT2D eigenvalue weighted by Crippen LogP contribution is -2.10. The van der Waals surface area contributed by atoms with E-state index in [9.17, 15) is 9.18 Å². The van der Waals surface area contributed by atoms with Crippen molar-refractivity contribution in [3.63, 3.8) is 0 Å². The zero-order chi connectivity index (χ0) is 18.7. The van der Waals surface area contributed by atoms with Crippen LogP contribution in [0.4, 0.5) is 4.39 Å². The van der Waals surface area contributed by atoms with Crippen LogP contribution in [0, 0.1) is 12.7 Å². The highest BCUT2D eigenvalue weighted by Gasteiger charge is 2.15. The molecular formula is C20H18BrFO4. The number of hydrogen-bond donors (Lipinski definition) is 0. The maximum absolute atomic E-state index is 14.2. The Hall–Kier alpha value is -2.34. The van der Waals surface area contributed by atoms with Crippen LogP contribution in [0.5, 0.6) is 5.75 Å². The van der Waals surface area contributed by atoms with Gasteiger partial charge in [0.15, 0.2) is 11.6 Å². The van der Waals surface area contributed by atoms with Crippen LogP contribution in [0.1, 0.15) is 23.8 Å². The first-order valence-corrected chi connectivity index (χ1v) is 9.01. The Kier molecular flexibility index (Phi) is 5.61. The summed E-state index contributed by atoms with van der Waals surface area (Å²) in [6.45, 7) is 4.05. The van der Waals surface area contributed by atoms with Gasteiger partial charge in [-0.2, -0.15) is 0 Å². The fourth-order valence-electron chi connectivity index (χ4n) is 2.76. The van der Waals surface area contributed by atoms with E-state index in [0.29, 0.717) is 5.56 Å². The zero-order valence-corrected chi connectivity index (χ0v) is 16.1. The molecule has 0 aliphatic carbocycles. The number of hydrogen-bond acceptors (Lipinski definition) is 4. The molecule has 0 aliphatic rings. The van der Waals surface area contributed by atoms with Crippen molar-refractivity contribution in [2.24, 2.45) is 0 Å². The van der Waals surface area contributed by atoms with E-state index >= 15 is 0 Å². The highest BCUT2D eigenvalue weighted by Crippen LogP contribution is 2.30. The molecule has 136 valence electrons. The Morgan fingerprint density at radius 1 is 1.27 bits per heavy atom. The smallest absolute Gasteiger partial charge is 0.310 e. The molecule has 0 saturated heterocycles. The highest BCUT2D eigenvalue weighted by molar-refractivity contribution is 9.10. The van der Waals surface area contributed by atoms with Crippen molar-refractivity contribution in [3.8, 4) is 5.75 Å². The number of aryl methyl sites for hydroxylation is 1. The normalized spacial score (nSPS) is 10.9. The second kappa shape index (κ2) is 7.91. The van der Waals surface area contributed by atoms with Crippen LogP contribution in [-0.2, 0) is 22.6 Å². The highest BCUT2D eigenvalue weighted by atomic mass is 79.9. The molecule has 3 aromatic rings. The summed E-state index contributed by atoms with van der Waals surface area (Å²) in [4.78, 5) is 11.7. The summed E-state index contributed by atoms with van der Waals surface area (Å²) < 4.78 is 31.3. The van der Waals surface area contributed by atoms with Crippen molar-refractivity contribution in [2.45, 2.75) is 26.9 Å². The molecule has 26 heavy (non-hydrogen) atoms. The molecule has 3 rings (SSSR count). The molecule has 0 unspecified atom stereocenters. The Balaban J connectivity index is 1.82. The average molecular weight is 421 g/mol. The Labute approximate surface area is 159 Å². The third kappa shape index (κ3) is 4.07. The second-order valence-corrected chi connectivity index (χ2v) is 6.71. The summed E-state index contributed by atoms with van der Waals surface area (Å²) in [6.07, 6.45) is -0.0371. The summed E-state index contributed by atoms with van der Waals surface area (Å²) in [6, 6.07) is 10.3. The van der Waals surface area contributed by atoms with E-state index in [4.69, 9.17) is 13.9 Å². The van der Waals surface area contributed by atoms with E-state index in [0.717, 1.165) is 26.8 Å². The third-order valence-corrected chi connectivity index (χ3v) is 4.41. The summed E-state index contributed by atoms with van der Waals surface area (Å²) in [5, 5.41) is 0.941. The molecule has 0 fully saturated rings. The Bertz CT molecular complexity index is 948. The van der Waals surface area contributed by atoms with E-state index in [2.05, 4.69) is 15.9 Å². The minimum Gasteiger partial charge on any atom is -0.486 e. The van der Waals surface area contributed by atoms with Gasteiger partial charge >= 0.3 is 5.97 Å². The van der Waals surface area contributed by atoms with Gasteiger partial charge in [-0.25, -0.2) is 4.39 Å². The van der Waals surface area contributed by atoms with E-state index in [1.807, 2.05) is 25.1 Å². The Morgan fingerprint density at radius 2 is 2.08 bits per heavy atom. The number of fused-ring (bicyclic) bond motifs is 1. The summed E-state index contributed by atoms with van der Waals surface area (Å²) in [5.74, 6) is -0.0446. The van der Waals surface area contributed by atoms with Crippen LogP contribution in [0.15, 0.2) is 45.3 Å². The van der Waals surface area contributed by atoms with Crippen LogP contribution < -0.4 is 4.74 Å². The van der Waals surface area contributed by atoms with Gasteiger partial charge in [0.2, 0.25) is 0 Å². The van der Waals surface area contributed by atoms with Crippen molar-refractivity contribution in [2.75, 3.05) is 6.61 Å². The molecule has 0 radical (unpaired) electrons. The number of rotatable bonds is 6. The van der Waals surface area contributed by atoms with Gasteiger partial charge in [-0.1, -0.05) is 12.1 Å². The minimum absolute atomic E-state index is 0.0371. The first kappa shape index (κ1) is 18.5. The number of para-hydroxylation sites is 1. The lowest BCUT2D eigenvalue weighted by atomic mass is 10.1. The average Bonchev–Trinajstić information content (AvgIpc) is 2.95. The number of benzene rings is 2. The molecular weight excluding hydrogens is 403 g/mol. The number of esters is 1. The van der Waals surface area contributed by atoms with Gasteiger partial charge in [-0.15, -0.1) is 0 Å². The summed E-state index contributed by atoms with van der Waals surface area (Å²) in [5.41, 5.74) is 2.08. The molecule has 0 N–H and O–H groups in total. The van der Waals surface area contributed by atoms with Crippen LogP contribution >= 0.6 is 15.9 Å².